The van der Waals surface area contributed by atoms with Crippen molar-refractivity contribution in [3.63, 3.8) is 0 Å². The van der Waals surface area contributed by atoms with Gasteiger partial charge in [0, 0.05) is 24.3 Å². The lowest BCUT2D eigenvalue weighted by atomic mass is 10.1. The maximum Gasteiger partial charge on any atom is 0.243 e. The van der Waals surface area contributed by atoms with Gasteiger partial charge in [-0.1, -0.05) is 18.2 Å². The van der Waals surface area contributed by atoms with E-state index < -0.39 is 0 Å². The van der Waals surface area contributed by atoms with Gasteiger partial charge in [-0.3, -0.25) is 4.98 Å². The second-order valence-corrected chi connectivity index (χ2v) is 5.47. The summed E-state index contributed by atoms with van der Waals surface area (Å²) >= 11 is 0. The molecule has 24 heavy (non-hydrogen) atoms. The molecule has 0 radical (unpaired) electrons. The van der Waals surface area contributed by atoms with Gasteiger partial charge in [-0.05, 0) is 36.2 Å². The molecule has 6 heteroatoms. The Morgan fingerprint density at radius 1 is 1.12 bits per heavy atom. The van der Waals surface area contributed by atoms with Gasteiger partial charge in [0.25, 0.3) is 0 Å². The molecular weight excluding hydrogens is 302 g/mol. The van der Waals surface area contributed by atoms with E-state index in [9.17, 15) is 0 Å². The van der Waals surface area contributed by atoms with Crippen molar-refractivity contribution in [1.29, 1.82) is 0 Å². The van der Waals surface area contributed by atoms with E-state index in [4.69, 9.17) is 4.42 Å². The lowest BCUT2D eigenvalue weighted by molar-refractivity contribution is 0.627. The first kappa shape index (κ1) is 14.3. The molecule has 4 aromatic rings. The van der Waals surface area contributed by atoms with Crippen LogP contribution in [0.4, 0.5) is 5.95 Å². The highest BCUT2D eigenvalue weighted by Gasteiger charge is 2.09. The molecule has 1 aromatic carbocycles. The number of fused-ring (bicyclic) bond motifs is 1. The molecule has 1 N–H and O–H groups in total. The lowest BCUT2D eigenvalue weighted by Crippen LogP contribution is -2.06. The molecule has 118 valence electrons. The summed E-state index contributed by atoms with van der Waals surface area (Å²) in [5, 5.41) is 12.3. The van der Waals surface area contributed by atoms with Crippen molar-refractivity contribution in [1.82, 2.24) is 20.2 Å². The molecular formula is C18H15N5O. The average molecular weight is 317 g/mol. The summed E-state index contributed by atoms with van der Waals surface area (Å²) in [6, 6.07) is 11.8. The Morgan fingerprint density at radius 2 is 2.04 bits per heavy atom. The van der Waals surface area contributed by atoms with E-state index >= 15 is 0 Å². The predicted molar refractivity (Wildman–Crippen MR) is 91.3 cm³/mol. The molecule has 0 aliphatic carbocycles. The van der Waals surface area contributed by atoms with Gasteiger partial charge in [-0.25, -0.2) is 4.98 Å². The number of nitrogens with one attached hydrogen (secondary N) is 1. The molecule has 0 bridgehead atoms. The molecule has 0 unspecified atom stereocenters. The van der Waals surface area contributed by atoms with Crippen LogP contribution in [0.5, 0.6) is 0 Å². The highest BCUT2D eigenvalue weighted by Crippen LogP contribution is 2.26. The fourth-order valence-electron chi connectivity index (χ4n) is 2.48. The summed E-state index contributed by atoms with van der Waals surface area (Å²) in [7, 11) is 0. The molecule has 3 heterocycles. The van der Waals surface area contributed by atoms with E-state index in [2.05, 4.69) is 25.5 Å². The van der Waals surface area contributed by atoms with E-state index in [0.29, 0.717) is 23.9 Å². The molecule has 0 saturated heterocycles. The first-order valence-corrected chi connectivity index (χ1v) is 7.61. The van der Waals surface area contributed by atoms with E-state index in [1.807, 2.05) is 49.5 Å². The first-order valence-electron chi connectivity index (χ1n) is 7.61. The summed E-state index contributed by atoms with van der Waals surface area (Å²) in [6.45, 7) is 2.63. The van der Waals surface area contributed by atoms with Crippen LogP contribution in [0.3, 0.4) is 0 Å². The van der Waals surface area contributed by atoms with Crippen LogP contribution in [-0.4, -0.2) is 20.2 Å². The molecule has 3 aromatic heterocycles. The molecule has 0 aliphatic heterocycles. The summed E-state index contributed by atoms with van der Waals surface area (Å²) in [6.07, 6.45) is 5.20. The molecule has 4 rings (SSSR count). The third-order valence-electron chi connectivity index (χ3n) is 3.81. The van der Waals surface area contributed by atoms with Gasteiger partial charge in [0.15, 0.2) is 5.76 Å². The van der Waals surface area contributed by atoms with E-state index in [-0.39, 0.29) is 0 Å². The number of furan rings is 1. The van der Waals surface area contributed by atoms with Gasteiger partial charge < -0.3 is 9.73 Å². The second-order valence-electron chi connectivity index (χ2n) is 5.47. The van der Waals surface area contributed by atoms with Crippen LogP contribution in [0.15, 0.2) is 59.4 Å². The van der Waals surface area contributed by atoms with Crippen molar-refractivity contribution in [3.05, 3.63) is 66.1 Å². The number of aryl methyl sites for hydroxylation is 1. The van der Waals surface area contributed by atoms with Gasteiger partial charge in [0.05, 0.1) is 6.20 Å². The van der Waals surface area contributed by atoms with E-state index in [0.717, 1.165) is 22.1 Å². The number of aromatic nitrogens is 4. The van der Waals surface area contributed by atoms with Crippen LogP contribution in [0, 0.1) is 6.92 Å². The second kappa shape index (κ2) is 6.08. The number of anilines is 1. The standard InChI is InChI=1S/C18H15N5O/c1-12-9-19-7-6-14(12)10-20-18-22-15(11-21-23-18)17-8-13-4-2-3-5-16(13)24-17/h2-9,11H,10H2,1H3,(H,20,22,23). The molecule has 0 atom stereocenters. The van der Waals surface area contributed by atoms with Crippen LogP contribution in [-0.2, 0) is 6.54 Å². The molecule has 0 saturated carbocycles. The van der Waals surface area contributed by atoms with Gasteiger partial charge in [-0.15, -0.1) is 5.10 Å². The third-order valence-corrected chi connectivity index (χ3v) is 3.81. The van der Waals surface area contributed by atoms with Crippen LogP contribution in [0.2, 0.25) is 0 Å². The Bertz CT molecular complexity index is 962. The van der Waals surface area contributed by atoms with Crippen LogP contribution in [0.25, 0.3) is 22.4 Å². The maximum atomic E-state index is 5.82. The number of benzene rings is 1. The normalized spacial score (nSPS) is 10.9. The lowest BCUT2D eigenvalue weighted by Gasteiger charge is -2.07. The fraction of sp³-hybridized carbons (Fsp3) is 0.111. The van der Waals surface area contributed by atoms with Gasteiger partial charge in [-0.2, -0.15) is 5.10 Å². The van der Waals surface area contributed by atoms with Crippen molar-refractivity contribution < 1.29 is 4.42 Å². The molecule has 0 spiro atoms. The zero-order valence-electron chi connectivity index (χ0n) is 13.1. The van der Waals surface area contributed by atoms with E-state index in [1.165, 1.54) is 0 Å². The van der Waals surface area contributed by atoms with Crippen molar-refractivity contribution in [2.45, 2.75) is 13.5 Å². The Balaban J connectivity index is 1.58. The number of hydrogen-bond donors (Lipinski definition) is 1. The van der Waals surface area contributed by atoms with Crippen LogP contribution in [0.1, 0.15) is 11.1 Å². The zero-order valence-corrected chi connectivity index (χ0v) is 13.1. The van der Waals surface area contributed by atoms with Crippen molar-refractivity contribution in [2.24, 2.45) is 0 Å². The van der Waals surface area contributed by atoms with Crippen molar-refractivity contribution >= 4 is 16.9 Å². The number of para-hydroxylation sites is 1. The summed E-state index contributed by atoms with van der Waals surface area (Å²) < 4.78 is 5.82. The molecule has 0 fully saturated rings. The smallest absolute Gasteiger partial charge is 0.243 e. The monoisotopic (exact) mass is 317 g/mol. The van der Waals surface area contributed by atoms with Gasteiger partial charge in [0.1, 0.15) is 11.3 Å². The topological polar surface area (TPSA) is 76.7 Å². The van der Waals surface area contributed by atoms with Gasteiger partial charge in [0.2, 0.25) is 5.95 Å². The zero-order chi connectivity index (χ0) is 16.4. The number of rotatable bonds is 4. The van der Waals surface area contributed by atoms with Crippen molar-refractivity contribution in [2.75, 3.05) is 5.32 Å². The minimum Gasteiger partial charge on any atom is -0.454 e. The Hall–Kier alpha value is -3.28. The third kappa shape index (κ3) is 2.81. The SMILES string of the molecule is Cc1cnccc1CNc1nncc(-c2cc3ccccc3o2)n1. The minimum absolute atomic E-state index is 0.462. The number of hydrogen-bond acceptors (Lipinski definition) is 6. The quantitative estimate of drug-likeness (QED) is 0.619. The fourth-order valence-corrected chi connectivity index (χ4v) is 2.48. The number of pyridine rings is 1. The van der Waals surface area contributed by atoms with Crippen molar-refractivity contribution in [3.8, 4) is 11.5 Å². The summed E-state index contributed by atoms with van der Waals surface area (Å²) in [4.78, 5) is 8.58. The average Bonchev–Trinajstić information content (AvgIpc) is 3.06. The minimum atomic E-state index is 0.462. The number of nitrogens with zero attached hydrogens (tertiary/aromatic N) is 4. The molecule has 0 aliphatic rings. The highest BCUT2D eigenvalue weighted by molar-refractivity contribution is 5.82. The first-order chi connectivity index (χ1) is 11.8. The molecule has 6 nitrogen and oxygen atoms in total. The summed E-state index contributed by atoms with van der Waals surface area (Å²) in [5.74, 6) is 1.14. The Kier molecular flexibility index (Phi) is 3.63. The molecule has 0 amide bonds. The Morgan fingerprint density at radius 3 is 2.92 bits per heavy atom. The Labute approximate surface area is 138 Å². The van der Waals surface area contributed by atoms with Crippen LogP contribution < -0.4 is 5.32 Å². The van der Waals surface area contributed by atoms with Crippen LogP contribution >= 0.6 is 0 Å². The van der Waals surface area contributed by atoms with E-state index in [1.54, 1.807) is 12.4 Å². The van der Waals surface area contributed by atoms with Gasteiger partial charge >= 0.3 is 0 Å². The maximum absolute atomic E-state index is 5.82. The highest BCUT2D eigenvalue weighted by atomic mass is 16.3. The largest absolute Gasteiger partial charge is 0.454 e. The summed E-state index contributed by atoms with van der Waals surface area (Å²) in [5.41, 5.74) is 3.73. The predicted octanol–water partition coefficient (Wildman–Crippen LogP) is 3.60.